The minimum atomic E-state index is -2.59. The highest BCUT2D eigenvalue weighted by Crippen LogP contribution is 2.33. The lowest BCUT2D eigenvalue weighted by atomic mass is 9.92. The molecule has 0 saturated carbocycles. The SMILES string of the molecule is CC(C)N1CCC(CN2CCC(N3CCN(C(C)C)CC3)C(F)(F)C2)CC1. The van der Waals surface area contributed by atoms with Crippen molar-refractivity contribution < 1.29 is 8.78 Å². The molecule has 1 atom stereocenters. The van der Waals surface area contributed by atoms with Crippen LogP contribution in [0.25, 0.3) is 0 Å². The molecule has 6 heteroatoms. The van der Waals surface area contributed by atoms with Gasteiger partial charge in [-0.1, -0.05) is 0 Å². The van der Waals surface area contributed by atoms with Crippen molar-refractivity contribution in [3.63, 3.8) is 0 Å². The molecule has 0 spiro atoms. The summed E-state index contributed by atoms with van der Waals surface area (Å²) in [7, 11) is 0. The van der Waals surface area contributed by atoms with Crippen LogP contribution in [0.4, 0.5) is 8.78 Å². The lowest BCUT2D eigenvalue weighted by Crippen LogP contribution is -2.62. The molecule has 0 aromatic heterocycles. The van der Waals surface area contributed by atoms with E-state index in [4.69, 9.17) is 0 Å². The van der Waals surface area contributed by atoms with E-state index in [-0.39, 0.29) is 6.54 Å². The fraction of sp³-hybridized carbons (Fsp3) is 1.00. The summed E-state index contributed by atoms with van der Waals surface area (Å²) in [5.74, 6) is -2.00. The highest BCUT2D eigenvalue weighted by molar-refractivity contribution is 4.95. The number of halogens is 2. The topological polar surface area (TPSA) is 13.0 Å². The third kappa shape index (κ3) is 5.40. The number of likely N-dealkylation sites (tertiary alicyclic amines) is 2. The van der Waals surface area contributed by atoms with Gasteiger partial charge in [-0.25, -0.2) is 8.78 Å². The number of alkyl halides is 2. The number of piperidine rings is 2. The Kier molecular flexibility index (Phi) is 7.15. The summed E-state index contributed by atoms with van der Waals surface area (Å²) < 4.78 is 30.0. The second-order valence-corrected chi connectivity index (χ2v) is 9.54. The van der Waals surface area contributed by atoms with Crippen molar-refractivity contribution in [2.24, 2.45) is 5.92 Å². The van der Waals surface area contributed by atoms with E-state index in [1.807, 2.05) is 0 Å². The molecule has 3 heterocycles. The molecule has 3 saturated heterocycles. The lowest BCUT2D eigenvalue weighted by Gasteiger charge is -2.47. The Morgan fingerprint density at radius 2 is 1.33 bits per heavy atom. The van der Waals surface area contributed by atoms with Gasteiger partial charge in [-0.15, -0.1) is 0 Å². The molecule has 0 aliphatic carbocycles. The molecule has 1 unspecified atom stereocenters. The van der Waals surface area contributed by atoms with Gasteiger partial charge in [0.25, 0.3) is 5.92 Å². The summed E-state index contributed by atoms with van der Waals surface area (Å²) >= 11 is 0. The largest absolute Gasteiger partial charge is 0.301 e. The van der Waals surface area contributed by atoms with Crippen LogP contribution in [0.15, 0.2) is 0 Å². The Bertz CT molecular complexity index is 455. The molecule has 3 fully saturated rings. The second-order valence-electron chi connectivity index (χ2n) is 9.54. The molecule has 3 aliphatic rings. The minimum Gasteiger partial charge on any atom is -0.301 e. The summed E-state index contributed by atoms with van der Waals surface area (Å²) in [5, 5.41) is 0. The van der Waals surface area contributed by atoms with E-state index >= 15 is 0 Å². The highest BCUT2D eigenvalue weighted by atomic mass is 19.3. The average molecular weight is 387 g/mol. The van der Waals surface area contributed by atoms with Gasteiger partial charge < -0.3 is 4.90 Å². The Balaban J connectivity index is 1.46. The molecule has 4 nitrogen and oxygen atoms in total. The molecular weight excluding hydrogens is 346 g/mol. The maximum atomic E-state index is 15.0. The zero-order chi connectivity index (χ0) is 19.6. The van der Waals surface area contributed by atoms with Crippen molar-refractivity contribution in [3.8, 4) is 0 Å². The molecule has 0 aromatic rings. The summed E-state index contributed by atoms with van der Waals surface area (Å²) in [5.41, 5.74) is 0. The van der Waals surface area contributed by atoms with Crippen LogP contribution in [-0.4, -0.2) is 103 Å². The maximum Gasteiger partial charge on any atom is 0.275 e. The summed E-state index contributed by atoms with van der Waals surface area (Å²) in [6.45, 7) is 16.1. The van der Waals surface area contributed by atoms with Crippen LogP contribution < -0.4 is 0 Å². The average Bonchev–Trinajstić information content (AvgIpc) is 2.61. The first-order chi connectivity index (χ1) is 12.8. The number of piperazine rings is 1. The molecule has 0 radical (unpaired) electrons. The van der Waals surface area contributed by atoms with Crippen molar-refractivity contribution in [1.29, 1.82) is 0 Å². The van der Waals surface area contributed by atoms with Crippen molar-refractivity contribution in [2.75, 3.05) is 58.9 Å². The first kappa shape index (κ1) is 21.4. The standard InChI is InChI=1S/C21H40F2N4/c1-17(2)25-9-5-19(6-10-25)15-24-8-7-20(21(22,23)16-24)27-13-11-26(12-14-27)18(3)4/h17-20H,5-16H2,1-4H3. The van der Waals surface area contributed by atoms with Gasteiger partial charge in [0, 0.05) is 51.4 Å². The first-order valence-corrected chi connectivity index (χ1v) is 11.1. The van der Waals surface area contributed by atoms with Gasteiger partial charge in [0.1, 0.15) is 0 Å². The van der Waals surface area contributed by atoms with Crippen LogP contribution in [0.3, 0.4) is 0 Å². The zero-order valence-electron chi connectivity index (χ0n) is 17.8. The molecular formula is C21H40F2N4. The predicted molar refractivity (Wildman–Crippen MR) is 108 cm³/mol. The van der Waals surface area contributed by atoms with Gasteiger partial charge in [0.15, 0.2) is 0 Å². The Hall–Kier alpha value is -0.300. The van der Waals surface area contributed by atoms with Crippen molar-refractivity contribution in [3.05, 3.63) is 0 Å². The number of hydrogen-bond donors (Lipinski definition) is 0. The molecule has 0 N–H and O–H groups in total. The van der Waals surface area contributed by atoms with Gasteiger partial charge >= 0.3 is 0 Å². The molecule has 3 aliphatic heterocycles. The minimum absolute atomic E-state index is 0.0492. The van der Waals surface area contributed by atoms with E-state index in [1.165, 1.54) is 0 Å². The van der Waals surface area contributed by atoms with E-state index in [2.05, 4.69) is 47.3 Å². The highest BCUT2D eigenvalue weighted by Gasteiger charge is 2.48. The van der Waals surface area contributed by atoms with E-state index in [0.717, 1.165) is 65.2 Å². The van der Waals surface area contributed by atoms with Gasteiger partial charge in [0.2, 0.25) is 0 Å². The van der Waals surface area contributed by atoms with Crippen LogP contribution in [0.5, 0.6) is 0 Å². The second kappa shape index (κ2) is 9.02. The van der Waals surface area contributed by atoms with Gasteiger partial charge in [-0.2, -0.15) is 0 Å². The van der Waals surface area contributed by atoms with Crippen LogP contribution in [0.1, 0.15) is 47.0 Å². The first-order valence-electron chi connectivity index (χ1n) is 11.1. The van der Waals surface area contributed by atoms with Crippen molar-refractivity contribution in [1.82, 2.24) is 19.6 Å². The number of hydrogen-bond acceptors (Lipinski definition) is 4. The maximum absolute atomic E-state index is 15.0. The van der Waals surface area contributed by atoms with E-state index in [1.54, 1.807) is 0 Å². The molecule has 0 aromatic carbocycles. The Morgan fingerprint density at radius 3 is 1.85 bits per heavy atom. The summed E-state index contributed by atoms with van der Waals surface area (Å²) in [4.78, 5) is 9.02. The molecule has 3 rings (SSSR count). The molecule has 158 valence electrons. The summed E-state index contributed by atoms with van der Waals surface area (Å²) in [6.07, 6.45) is 2.92. The van der Waals surface area contributed by atoms with E-state index in [9.17, 15) is 8.78 Å². The lowest BCUT2D eigenvalue weighted by molar-refractivity contribution is -0.136. The summed E-state index contributed by atoms with van der Waals surface area (Å²) in [6, 6.07) is 0.546. The fourth-order valence-corrected chi connectivity index (χ4v) is 5.19. The van der Waals surface area contributed by atoms with Crippen LogP contribution in [0.2, 0.25) is 0 Å². The fourth-order valence-electron chi connectivity index (χ4n) is 5.19. The smallest absolute Gasteiger partial charge is 0.275 e. The Labute approximate surface area is 164 Å². The normalized spacial score (nSPS) is 30.4. The monoisotopic (exact) mass is 386 g/mol. The van der Waals surface area contributed by atoms with Gasteiger partial charge in [0.05, 0.1) is 12.6 Å². The van der Waals surface area contributed by atoms with Crippen molar-refractivity contribution >= 4 is 0 Å². The third-order valence-corrected chi connectivity index (χ3v) is 7.06. The molecule has 0 bridgehead atoms. The van der Waals surface area contributed by atoms with Crippen LogP contribution in [-0.2, 0) is 0 Å². The molecule has 0 amide bonds. The molecule has 27 heavy (non-hydrogen) atoms. The zero-order valence-corrected chi connectivity index (χ0v) is 17.8. The van der Waals surface area contributed by atoms with Gasteiger partial charge in [-0.3, -0.25) is 14.7 Å². The van der Waals surface area contributed by atoms with Gasteiger partial charge in [-0.05, 0) is 66.0 Å². The van der Waals surface area contributed by atoms with E-state index in [0.29, 0.717) is 24.4 Å². The Morgan fingerprint density at radius 1 is 0.778 bits per heavy atom. The quantitative estimate of drug-likeness (QED) is 0.720. The van der Waals surface area contributed by atoms with E-state index < -0.39 is 12.0 Å². The van der Waals surface area contributed by atoms with Crippen LogP contribution >= 0.6 is 0 Å². The third-order valence-electron chi connectivity index (χ3n) is 7.06. The number of rotatable bonds is 5. The predicted octanol–water partition coefficient (Wildman–Crippen LogP) is 2.84. The van der Waals surface area contributed by atoms with Crippen molar-refractivity contribution in [2.45, 2.75) is 71.0 Å². The number of nitrogens with zero attached hydrogens (tertiary/aromatic N) is 4. The van der Waals surface area contributed by atoms with Crippen LogP contribution in [0, 0.1) is 5.92 Å².